The van der Waals surface area contributed by atoms with E-state index < -0.39 is 0 Å². The monoisotopic (exact) mass is 211 g/mol. The van der Waals surface area contributed by atoms with Gasteiger partial charge in [-0.15, -0.1) is 0 Å². The van der Waals surface area contributed by atoms with Crippen LogP contribution in [-0.2, 0) is 0 Å². The molecule has 0 bridgehead atoms. The SMILES string of the molecule is COc1c(N)ncnc1OC(C)C(C)C. The summed E-state index contributed by atoms with van der Waals surface area (Å²) < 4.78 is 10.7. The molecule has 15 heavy (non-hydrogen) atoms. The van der Waals surface area contributed by atoms with Gasteiger partial charge in [-0.2, -0.15) is 4.98 Å². The number of hydrogen-bond acceptors (Lipinski definition) is 5. The van der Waals surface area contributed by atoms with Gasteiger partial charge in [0.15, 0.2) is 5.82 Å². The van der Waals surface area contributed by atoms with Crippen LogP contribution in [0, 0.1) is 5.92 Å². The van der Waals surface area contributed by atoms with E-state index >= 15 is 0 Å². The predicted octanol–water partition coefficient (Wildman–Crippen LogP) is 1.49. The van der Waals surface area contributed by atoms with Gasteiger partial charge in [-0.25, -0.2) is 4.98 Å². The maximum atomic E-state index is 5.63. The van der Waals surface area contributed by atoms with Crippen LogP contribution >= 0.6 is 0 Å². The molecule has 1 unspecified atom stereocenters. The van der Waals surface area contributed by atoms with E-state index in [2.05, 4.69) is 23.8 Å². The standard InChI is InChI=1S/C10H17N3O2/c1-6(2)7(3)15-10-8(14-4)9(11)12-5-13-10/h5-7H,1-4H3,(H2,11,12,13). The Kier molecular flexibility index (Phi) is 3.71. The van der Waals surface area contributed by atoms with Crippen LogP contribution in [0.15, 0.2) is 6.33 Å². The highest BCUT2D eigenvalue weighted by molar-refractivity contribution is 5.51. The fourth-order valence-electron chi connectivity index (χ4n) is 0.958. The summed E-state index contributed by atoms with van der Waals surface area (Å²) in [4.78, 5) is 7.82. The van der Waals surface area contributed by atoms with E-state index in [-0.39, 0.29) is 6.10 Å². The summed E-state index contributed by atoms with van der Waals surface area (Å²) in [6.45, 7) is 6.12. The van der Waals surface area contributed by atoms with E-state index in [9.17, 15) is 0 Å². The van der Waals surface area contributed by atoms with E-state index in [0.717, 1.165) is 0 Å². The van der Waals surface area contributed by atoms with E-state index in [1.165, 1.54) is 13.4 Å². The Morgan fingerprint density at radius 3 is 2.47 bits per heavy atom. The first-order chi connectivity index (χ1) is 7.06. The van der Waals surface area contributed by atoms with E-state index in [4.69, 9.17) is 15.2 Å². The molecule has 0 amide bonds. The second-order valence-corrected chi connectivity index (χ2v) is 3.66. The first-order valence-electron chi connectivity index (χ1n) is 4.87. The first kappa shape index (κ1) is 11.6. The molecule has 0 spiro atoms. The van der Waals surface area contributed by atoms with Crippen LogP contribution in [0.2, 0.25) is 0 Å². The lowest BCUT2D eigenvalue weighted by Crippen LogP contribution is -2.20. The summed E-state index contributed by atoms with van der Waals surface area (Å²) in [5.74, 6) is 1.47. The molecule has 0 aromatic carbocycles. The lowest BCUT2D eigenvalue weighted by Gasteiger charge is -2.18. The molecular formula is C10H17N3O2. The van der Waals surface area contributed by atoms with Crippen molar-refractivity contribution in [2.45, 2.75) is 26.9 Å². The molecule has 1 rings (SSSR count). The van der Waals surface area contributed by atoms with Crippen molar-refractivity contribution in [3.63, 3.8) is 0 Å². The van der Waals surface area contributed by atoms with Gasteiger partial charge in [0, 0.05) is 0 Å². The minimum absolute atomic E-state index is 0.0493. The molecule has 1 atom stereocenters. The third kappa shape index (κ3) is 2.71. The van der Waals surface area contributed by atoms with Gasteiger partial charge < -0.3 is 15.2 Å². The van der Waals surface area contributed by atoms with E-state index in [1.54, 1.807) is 0 Å². The Bertz CT molecular complexity index is 328. The Hall–Kier alpha value is -1.52. The van der Waals surface area contributed by atoms with Crippen LogP contribution in [0.3, 0.4) is 0 Å². The largest absolute Gasteiger partial charge is 0.489 e. The summed E-state index contributed by atoms with van der Waals surface area (Å²) in [6.07, 6.45) is 1.41. The van der Waals surface area contributed by atoms with Gasteiger partial charge in [0.25, 0.3) is 5.88 Å². The zero-order valence-electron chi connectivity index (χ0n) is 9.52. The molecule has 0 aliphatic heterocycles. The normalized spacial score (nSPS) is 12.6. The number of ether oxygens (including phenoxy) is 2. The number of nitrogens with two attached hydrogens (primary N) is 1. The number of nitrogens with zero attached hydrogens (tertiary/aromatic N) is 2. The topological polar surface area (TPSA) is 70.3 Å². The Morgan fingerprint density at radius 2 is 1.93 bits per heavy atom. The molecule has 1 aromatic rings. The van der Waals surface area contributed by atoms with Crippen molar-refractivity contribution in [2.75, 3.05) is 12.8 Å². The fourth-order valence-corrected chi connectivity index (χ4v) is 0.958. The highest BCUT2D eigenvalue weighted by Gasteiger charge is 2.15. The number of aromatic nitrogens is 2. The van der Waals surface area contributed by atoms with Crippen molar-refractivity contribution >= 4 is 5.82 Å². The number of hydrogen-bond donors (Lipinski definition) is 1. The molecule has 1 aromatic heterocycles. The van der Waals surface area contributed by atoms with E-state index in [1.807, 2.05) is 6.92 Å². The molecule has 0 aliphatic rings. The van der Waals surface area contributed by atoms with E-state index in [0.29, 0.717) is 23.4 Å². The van der Waals surface area contributed by atoms with Crippen molar-refractivity contribution in [2.24, 2.45) is 5.92 Å². The van der Waals surface area contributed by atoms with Crippen LogP contribution in [0.25, 0.3) is 0 Å². The van der Waals surface area contributed by atoms with Gasteiger partial charge >= 0.3 is 0 Å². The smallest absolute Gasteiger partial charge is 0.262 e. The Morgan fingerprint density at radius 1 is 1.27 bits per heavy atom. The van der Waals surface area contributed by atoms with Crippen LogP contribution in [0.1, 0.15) is 20.8 Å². The van der Waals surface area contributed by atoms with Gasteiger partial charge in [0.05, 0.1) is 7.11 Å². The number of anilines is 1. The maximum Gasteiger partial charge on any atom is 0.262 e. The predicted molar refractivity (Wildman–Crippen MR) is 57.9 cm³/mol. The minimum atomic E-state index is 0.0493. The average Bonchev–Trinajstić information content (AvgIpc) is 2.18. The van der Waals surface area contributed by atoms with Crippen LogP contribution in [-0.4, -0.2) is 23.2 Å². The molecule has 5 heteroatoms. The second kappa shape index (κ2) is 4.82. The summed E-state index contributed by atoms with van der Waals surface area (Å²) >= 11 is 0. The van der Waals surface area contributed by atoms with Gasteiger partial charge in [-0.3, -0.25) is 0 Å². The molecule has 0 radical (unpaired) electrons. The van der Waals surface area contributed by atoms with Crippen LogP contribution in [0.5, 0.6) is 11.6 Å². The summed E-state index contributed by atoms with van der Waals surface area (Å²) in [6, 6.07) is 0. The van der Waals surface area contributed by atoms with Crippen molar-refractivity contribution in [1.82, 2.24) is 9.97 Å². The Balaban J connectivity index is 2.89. The van der Waals surface area contributed by atoms with Gasteiger partial charge in [0.2, 0.25) is 5.75 Å². The quantitative estimate of drug-likeness (QED) is 0.817. The third-order valence-corrected chi connectivity index (χ3v) is 2.24. The van der Waals surface area contributed by atoms with Crippen molar-refractivity contribution < 1.29 is 9.47 Å². The summed E-state index contributed by atoms with van der Waals surface area (Å²) in [5.41, 5.74) is 5.63. The molecule has 0 aliphatic carbocycles. The molecule has 84 valence electrons. The molecule has 0 saturated carbocycles. The summed E-state index contributed by atoms with van der Waals surface area (Å²) in [7, 11) is 1.52. The first-order valence-corrected chi connectivity index (χ1v) is 4.87. The van der Waals surface area contributed by atoms with Crippen molar-refractivity contribution in [3.05, 3.63) is 6.33 Å². The molecule has 0 fully saturated rings. The third-order valence-electron chi connectivity index (χ3n) is 2.24. The zero-order valence-corrected chi connectivity index (χ0v) is 9.52. The Labute approximate surface area is 89.6 Å². The second-order valence-electron chi connectivity index (χ2n) is 3.66. The van der Waals surface area contributed by atoms with Crippen LogP contribution in [0.4, 0.5) is 5.82 Å². The lowest BCUT2D eigenvalue weighted by atomic mass is 10.1. The number of nitrogen functional groups attached to an aromatic ring is 1. The molecule has 2 N–H and O–H groups in total. The van der Waals surface area contributed by atoms with Crippen LogP contribution < -0.4 is 15.2 Å². The molecular weight excluding hydrogens is 194 g/mol. The molecule has 5 nitrogen and oxygen atoms in total. The molecule has 1 heterocycles. The van der Waals surface area contributed by atoms with Gasteiger partial charge in [-0.05, 0) is 12.8 Å². The van der Waals surface area contributed by atoms with Crippen molar-refractivity contribution in [1.29, 1.82) is 0 Å². The van der Waals surface area contributed by atoms with Gasteiger partial charge in [0.1, 0.15) is 12.4 Å². The highest BCUT2D eigenvalue weighted by atomic mass is 16.5. The maximum absolute atomic E-state index is 5.63. The fraction of sp³-hybridized carbons (Fsp3) is 0.600. The lowest BCUT2D eigenvalue weighted by molar-refractivity contribution is 0.156. The molecule has 0 saturated heterocycles. The minimum Gasteiger partial charge on any atom is -0.489 e. The highest BCUT2D eigenvalue weighted by Crippen LogP contribution is 2.29. The average molecular weight is 211 g/mol. The summed E-state index contributed by atoms with van der Waals surface area (Å²) in [5, 5.41) is 0. The number of methoxy groups -OCH3 is 1. The zero-order chi connectivity index (χ0) is 11.4. The van der Waals surface area contributed by atoms with Crippen molar-refractivity contribution in [3.8, 4) is 11.6 Å². The number of rotatable bonds is 4. The van der Waals surface area contributed by atoms with Gasteiger partial charge in [-0.1, -0.05) is 13.8 Å².